The molecule has 3 atom stereocenters. The highest BCUT2D eigenvalue weighted by Crippen LogP contribution is 2.48. The zero-order valence-corrected chi connectivity index (χ0v) is 11.8. The van der Waals surface area contributed by atoms with E-state index in [2.05, 4.69) is 30.2 Å². The Kier molecular flexibility index (Phi) is 2.99. The van der Waals surface area contributed by atoms with Crippen LogP contribution in [-0.2, 0) is 0 Å². The average Bonchev–Trinajstić information content (AvgIpc) is 2.87. The van der Waals surface area contributed by atoms with Crippen LogP contribution in [0.2, 0.25) is 0 Å². The Morgan fingerprint density at radius 3 is 2.94 bits per heavy atom. The van der Waals surface area contributed by atoms with Gasteiger partial charge < -0.3 is 9.73 Å². The van der Waals surface area contributed by atoms with E-state index in [1.807, 2.05) is 19.3 Å². The molecule has 0 amide bonds. The van der Waals surface area contributed by atoms with Gasteiger partial charge in [-0.1, -0.05) is 6.92 Å². The third-order valence-electron chi connectivity index (χ3n) is 3.70. The number of nitrogens with one attached hydrogen (secondary N) is 1. The maximum atomic E-state index is 5.92. The van der Waals surface area contributed by atoms with Gasteiger partial charge >= 0.3 is 0 Å². The highest BCUT2D eigenvalue weighted by molar-refractivity contribution is 7.15. The average molecular weight is 262 g/mol. The van der Waals surface area contributed by atoms with Gasteiger partial charge in [0.2, 0.25) is 0 Å². The Balaban J connectivity index is 1.81. The lowest BCUT2D eigenvalue weighted by atomic mass is 10.3. The van der Waals surface area contributed by atoms with Gasteiger partial charge in [-0.3, -0.25) is 0 Å². The molecule has 0 saturated heterocycles. The molecule has 2 aromatic heterocycles. The van der Waals surface area contributed by atoms with Crippen molar-refractivity contribution in [1.29, 1.82) is 0 Å². The van der Waals surface area contributed by atoms with E-state index >= 15 is 0 Å². The Hall–Kier alpha value is -1.13. The molecule has 18 heavy (non-hydrogen) atoms. The number of hydrogen-bond donors (Lipinski definition) is 1. The second-order valence-electron chi connectivity index (χ2n) is 5.10. The first-order chi connectivity index (χ1) is 8.69. The van der Waals surface area contributed by atoms with Crippen LogP contribution in [0.1, 0.15) is 42.9 Å². The lowest BCUT2D eigenvalue weighted by molar-refractivity contribution is 0.518. The fraction of sp³-hybridized carbons (Fsp3) is 0.500. The van der Waals surface area contributed by atoms with E-state index in [4.69, 9.17) is 4.42 Å². The van der Waals surface area contributed by atoms with Crippen LogP contribution in [0.25, 0.3) is 10.8 Å². The molecule has 0 bridgehead atoms. The van der Waals surface area contributed by atoms with E-state index in [0.29, 0.717) is 12.0 Å². The van der Waals surface area contributed by atoms with Crippen LogP contribution in [0, 0.1) is 5.92 Å². The van der Waals surface area contributed by atoms with Crippen molar-refractivity contribution >= 4 is 11.3 Å². The van der Waals surface area contributed by atoms with Gasteiger partial charge in [0.25, 0.3) is 0 Å². The maximum absolute atomic E-state index is 5.92. The molecule has 4 heteroatoms. The number of thiazole rings is 1. The first kappa shape index (κ1) is 11.9. The van der Waals surface area contributed by atoms with Crippen molar-refractivity contribution in [1.82, 2.24) is 10.3 Å². The van der Waals surface area contributed by atoms with Gasteiger partial charge in [0.05, 0.1) is 0 Å². The van der Waals surface area contributed by atoms with E-state index in [1.54, 1.807) is 11.3 Å². The first-order valence-corrected chi connectivity index (χ1v) is 7.23. The van der Waals surface area contributed by atoms with E-state index in [-0.39, 0.29) is 0 Å². The van der Waals surface area contributed by atoms with Crippen molar-refractivity contribution in [3.8, 4) is 10.8 Å². The van der Waals surface area contributed by atoms with Crippen LogP contribution in [-0.4, -0.2) is 12.0 Å². The monoisotopic (exact) mass is 262 g/mol. The summed E-state index contributed by atoms with van der Waals surface area (Å²) in [6.45, 7) is 4.40. The zero-order chi connectivity index (χ0) is 12.7. The summed E-state index contributed by atoms with van der Waals surface area (Å²) in [5.41, 5.74) is 0. The molecule has 0 spiro atoms. The van der Waals surface area contributed by atoms with E-state index in [0.717, 1.165) is 22.4 Å². The van der Waals surface area contributed by atoms with Crippen LogP contribution in [0.3, 0.4) is 0 Å². The molecule has 0 aromatic carbocycles. The molecule has 0 aliphatic heterocycles. The second kappa shape index (κ2) is 4.52. The highest BCUT2D eigenvalue weighted by Gasteiger charge is 2.36. The zero-order valence-electron chi connectivity index (χ0n) is 10.9. The predicted molar refractivity (Wildman–Crippen MR) is 73.8 cm³/mol. The third-order valence-corrected chi connectivity index (χ3v) is 4.89. The molecule has 1 saturated carbocycles. The summed E-state index contributed by atoms with van der Waals surface area (Å²) in [4.78, 5) is 5.69. The Morgan fingerprint density at radius 1 is 1.50 bits per heavy atom. The molecule has 2 heterocycles. The molecule has 2 aromatic rings. The lowest BCUT2D eigenvalue weighted by Crippen LogP contribution is -2.10. The van der Waals surface area contributed by atoms with Crippen molar-refractivity contribution in [3.05, 3.63) is 29.0 Å². The number of rotatable bonds is 4. The van der Waals surface area contributed by atoms with E-state index in [9.17, 15) is 0 Å². The third kappa shape index (κ3) is 2.10. The van der Waals surface area contributed by atoms with Crippen molar-refractivity contribution in [2.24, 2.45) is 5.92 Å². The van der Waals surface area contributed by atoms with Gasteiger partial charge in [-0.25, -0.2) is 4.98 Å². The smallest absolute Gasteiger partial charge is 0.162 e. The maximum Gasteiger partial charge on any atom is 0.162 e. The fourth-order valence-corrected chi connectivity index (χ4v) is 3.07. The number of hydrogen-bond acceptors (Lipinski definition) is 4. The second-order valence-corrected chi connectivity index (χ2v) is 6.16. The quantitative estimate of drug-likeness (QED) is 0.910. The molecule has 1 N–H and O–H groups in total. The van der Waals surface area contributed by atoms with Crippen molar-refractivity contribution in [3.63, 3.8) is 0 Å². The van der Waals surface area contributed by atoms with Gasteiger partial charge in [0.1, 0.15) is 5.76 Å². The Morgan fingerprint density at radius 2 is 2.28 bits per heavy atom. The molecule has 96 valence electrons. The summed E-state index contributed by atoms with van der Waals surface area (Å²) >= 11 is 1.70. The van der Waals surface area contributed by atoms with Gasteiger partial charge in [-0.2, -0.15) is 0 Å². The Bertz CT molecular complexity index is 505. The van der Waals surface area contributed by atoms with Crippen LogP contribution in [0.5, 0.6) is 0 Å². The number of furan rings is 1. The van der Waals surface area contributed by atoms with Crippen molar-refractivity contribution < 1.29 is 4.42 Å². The molecular weight excluding hydrogens is 244 g/mol. The summed E-state index contributed by atoms with van der Waals surface area (Å²) in [7, 11) is 1.96. The first-order valence-electron chi connectivity index (χ1n) is 6.42. The predicted octanol–water partition coefficient (Wildman–Crippen LogP) is 3.81. The molecule has 1 aliphatic rings. The van der Waals surface area contributed by atoms with Crippen LogP contribution in [0.15, 0.2) is 22.7 Å². The summed E-state index contributed by atoms with van der Waals surface area (Å²) in [5, 5.41) is 4.20. The Labute approximate surface area is 111 Å². The van der Waals surface area contributed by atoms with Crippen molar-refractivity contribution in [2.75, 3.05) is 7.05 Å². The largest absolute Gasteiger partial charge is 0.458 e. The molecule has 0 radical (unpaired) electrons. The number of aromatic nitrogens is 1. The SMILES string of the molecule is CNC(C)c1cnc(-c2ccc(C3CC3C)o2)s1. The minimum absolute atomic E-state index is 0.342. The highest BCUT2D eigenvalue weighted by atomic mass is 32.1. The minimum atomic E-state index is 0.342. The van der Waals surface area contributed by atoms with Gasteiger partial charge in [0, 0.05) is 23.0 Å². The molecule has 3 unspecified atom stereocenters. The molecule has 3 rings (SSSR count). The van der Waals surface area contributed by atoms with E-state index in [1.165, 1.54) is 11.3 Å². The number of nitrogens with zero attached hydrogens (tertiary/aromatic N) is 1. The van der Waals surface area contributed by atoms with Crippen LogP contribution in [0.4, 0.5) is 0 Å². The van der Waals surface area contributed by atoms with E-state index < -0.39 is 0 Å². The molecular formula is C14H18N2OS. The lowest BCUT2D eigenvalue weighted by Gasteiger charge is -2.04. The molecule has 3 nitrogen and oxygen atoms in total. The standard InChI is InChI=1S/C14H18N2OS/c1-8-6-10(8)11-4-5-12(17-11)14-16-7-13(18-14)9(2)15-3/h4-5,7-10,15H,6H2,1-3H3. The summed E-state index contributed by atoms with van der Waals surface area (Å²) in [6, 6.07) is 4.49. The van der Waals surface area contributed by atoms with Gasteiger partial charge in [-0.05, 0) is 38.4 Å². The topological polar surface area (TPSA) is 38.1 Å². The summed E-state index contributed by atoms with van der Waals surface area (Å²) < 4.78 is 5.92. The molecule has 1 fully saturated rings. The summed E-state index contributed by atoms with van der Waals surface area (Å²) in [5.74, 6) is 3.44. The van der Waals surface area contributed by atoms with Gasteiger partial charge in [-0.15, -0.1) is 11.3 Å². The van der Waals surface area contributed by atoms with Crippen LogP contribution >= 0.6 is 11.3 Å². The normalized spacial score (nSPS) is 24.2. The van der Waals surface area contributed by atoms with Crippen LogP contribution < -0.4 is 5.32 Å². The van der Waals surface area contributed by atoms with Crippen molar-refractivity contribution in [2.45, 2.75) is 32.2 Å². The molecule has 1 aliphatic carbocycles. The van der Waals surface area contributed by atoms with Gasteiger partial charge in [0.15, 0.2) is 10.8 Å². The summed E-state index contributed by atoms with van der Waals surface area (Å²) in [6.07, 6.45) is 3.19. The fourth-order valence-electron chi connectivity index (χ4n) is 2.13. The minimum Gasteiger partial charge on any atom is -0.458 e.